The van der Waals surface area contributed by atoms with E-state index in [1.54, 1.807) is 6.21 Å². The van der Waals surface area contributed by atoms with Gasteiger partial charge in [-0.1, -0.05) is 0 Å². The molecule has 0 saturated heterocycles. The number of thiophene rings is 1. The summed E-state index contributed by atoms with van der Waals surface area (Å²) in [5.74, 6) is 0.106. The van der Waals surface area contributed by atoms with E-state index in [-0.39, 0.29) is 5.78 Å². The molecule has 1 aromatic carbocycles. The van der Waals surface area contributed by atoms with Crippen LogP contribution >= 0.6 is 11.3 Å². The molecule has 0 aliphatic rings. The highest BCUT2D eigenvalue weighted by Gasteiger charge is 2.03. The molecular formula is C15H16N2OS. The Bertz CT molecular complexity index is 556. The van der Waals surface area contributed by atoms with E-state index in [0.29, 0.717) is 6.42 Å². The quantitative estimate of drug-likeness (QED) is 0.613. The van der Waals surface area contributed by atoms with Crippen molar-refractivity contribution in [1.82, 2.24) is 0 Å². The van der Waals surface area contributed by atoms with Crippen LogP contribution in [0.3, 0.4) is 0 Å². The Morgan fingerprint density at radius 2 is 2.00 bits per heavy atom. The summed E-state index contributed by atoms with van der Waals surface area (Å²) in [7, 11) is 4.00. The summed E-state index contributed by atoms with van der Waals surface area (Å²) >= 11 is 1.53. The molecule has 3 nitrogen and oxygen atoms in total. The van der Waals surface area contributed by atoms with Crippen LogP contribution in [0.15, 0.2) is 46.1 Å². The smallest absolute Gasteiger partial charge is 0.169 e. The van der Waals surface area contributed by atoms with E-state index in [1.165, 1.54) is 11.3 Å². The first-order chi connectivity index (χ1) is 9.16. The third kappa shape index (κ3) is 3.76. The average Bonchev–Trinajstić information content (AvgIpc) is 2.93. The van der Waals surface area contributed by atoms with Gasteiger partial charge in [0.1, 0.15) is 0 Å². The van der Waals surface area contributed by atoms with Gasteiger partial charge in [0, 0.05) is 43.4 Å². The maximum absolute atomic E-state index is 11.7. The third-order valence-corrected chi connectivity index (χ3v) is 3.41. The second kappa shape index (κ2) is 6.29. The molecule has 0 aliphatic carbocycles. The standard InChI is InChI=1S/C15H16N2OS/c1-17(2)14-5-3-13(4-6-14)16-9-7-15(18)12-8-10-19-11-12/h3-6,8-11H,7H2,1-2H3. The maximum atomic E-state index is 11.7. The summed E-state index contributed by atoms with van der Waals surface area (Å²) in [5, 5.41) is 3.77. The largest absolute Gasteiger partial charge is 0.378 e. The third-order valence-electron chi connectivity index (χ3n) is 2.73. The molecular weight excluding hydrogens is 256 g/mol. The molecule has 0 bridgehead atoms. The van der Waals surface area contributed by atoms with Crippen LogP contribution in [0.5, 0.6) is 0 Å². The predicted molar refractivity (Wildman–Crippen MR) is 82.2 cm³/mol. The van der Waals surface area contributed by atoms with Gasteiger partial charge in [0.15, 0.2) is 5.78 Å². The molecule has 0 N–H and O–H groups in total. The topological polar surface area (TPSA) is 32.7 Å². The number of rotatable bonds is 5. The molecule has 0 unspecified atom stereocenters. The van der Waals surface area contributed by atoms with Crippen LogP contribution in [0.1, 0.15) is 16.8 Å². The predicted octanol–water partition coefficient (Wildman–Crippen LogP) is 3.79. The Morgan fingerprint density at radius 3 is 2.58 bits per heavy atom. The molecule has 2 rings (SSSR count). The molecule has 4 heteroatoms. The molecule has 1 heterocycles. The number of aliphatic imine (C=N–C) groups is 1. The van der Waals surface area contributed by atoms with Crippen LogP contribution in [0, 0.1) is 0 Å². The number of ketones is 1. The second-order valence-corrected chi connectivity index (χ2v) is 5.14. The summed E-state index contributed by atoms with van der Waals surface area (Å²) in [4.78, 5) is 18.1. The van der Waals surface area contributed by atoms with E-state index in [9.17, 15) is 4.79 Å². The molecule has 0 fully saturated rings. The van der Waals surface area contributed by atoms with Crippen molar-refractivity contribution < 1.29 is 4.79 Å². The van der Waals surface area contributed by atoms with Gasteiger partial charge in [-0.05, 0) is 35.7 Å². The second-order valence-electron chi connectivity index (χ2n) is 4.36. The molecule has 2 aromatic rings. The first-order valence-electron chi connectivity index (χ1n) is 6.02. The number of nitrogens with zero attached hydrogens (tertiary/aromatic N) is 2. The molecule has 0 radical (unpaired) electrons. The zero-order chi connectivity index (χ0) is 13.7. The fourth-order valence-corrected chi connectivity index (χ4v) is 2.27. The molecule has 1 aromatic heterocycles. The number of Topliss-reactive ketones (excluding diaryl/α,β-unsaturated/α-hetero) is 1. The molecule has 19 heavy (non-hydrogen) atoms. The van der Waals surface area contributed by atoms with E-state index in [4.69, 9.17) is 0 Å². The van der Waals surface area contributed by atoms with Crippen molar-refractivity contribution in [3.8, 4) is 0 Å². The van der Waals surface area contributed by atoms with Crippen LogP contribution in [0.4, 0.5) is 11.4 Å². The Balaban J connectivity index is 1.94. The van der Waals surface area contributed by atoms with Crippen molar-refractivity contribution in [3.63, 3.8) is 0 Å². The number of anilines is 1. The normalized spacial score (nSPS) is 10.8. The monoisotopic (exact) mass is 272 g/mol. The summed E-state index contributed by atoms with van der Waals surface area (Å²) in [5.41, 5.74) is 2.76. The zero-order valence-corrected chi connectivity index (χ0v) is 11.9. The molecule has 98 valence electrons. The number of benzene rings is 1. The van der Waals surface area contributed by atoms with Gasteiger partial charge in [-0.15, -0.1) is 0 Å². The van der Waals surface area contributed by atoms with Crippen LogP contribution < -0.4 is 4.90 Å². The van der Waals surface area contributed by atoms with E-state index in [1.807, 2.05) is 60.1 Å². The highest BCUT2D eigenvalue weighted by molar-refractivity contribution is 7.08. The molecule has 0 atom stereocenters. The van der Waals surface area contributed by atoms with E-state index >= 15 is 0 Å². The molecule has 0 saturated carbocycles. The lowest BCUT2D eigenvalue weighted by atomic mass is 10.2. The number of carbonyl (C=O) groups excluding carboxylic acids is 1. The lowest BCUT2D eigenvalue weighted by Crippen LogP contribution is -2.07. The Morgan fingerprint density at radius 1 is 1.26 bits per heavy atom. The van der Waals surface area contributed by atoms with Crippen LogP contribution in [0.2, 0.25) is 0 Å². The minimum absolute atomic E-state index is 0.106. The van der Waals surface area contributed by atoms with Gasteiger partial charge in [-0.2, -0.15) is 11.3 Å². The highest BCUT2D eigenvalue weighted by atomic mass is 32.1. The lowest BCUT2D eigenvalue weighted by molar-refractivity contribution is 0.100. The van der Waals surface area contributed by atoms with Crippen molar-refractivity contribution in [1.29, 1.82) is 0 Å². The number of hydrogen-bond acceptors (Lipinski definition) is 4. The SMILES string of the molecule is CN(C)c1ccc(N=CCC(=O)c2ccsc2)cc1. The van der Waals surface area contributed by atoms with Gasteiger partial charge >= 0.3 is 0 Å². The van der Waals surface area contributed by atoms with Gasteiger partial charge in [-0.3, -0.25) is 9.79 Å². The Hall–Kier alpha value is -1.94. The van der Waals surface area contributed by atoms with Gasteiger partial charge in [0.25, 0.3) is 0 Å². The summed E-state index contributed by atoms with van der Waals surface area (Å²) in [6.07, 6.45) is 2.01. The lowest BCUT2D eigenvalue weighted by Gasteiger charge is -2.11. The van der Waals surface area contributed by atoms with Gasteiger partial charge in [-0.25, -0.2) is 0 Å². The molecule has 0 spiro atoms. The molecule has 0 amide bonds. The minimum Gasteiger partial charge on any atom is -0.378 e. The first kappa shape index (κ1) is 13.5. The molecule has 0 aliphatic heterocycles. The van der Waals surface area contributed by atoms with E-state index < -0.39 is 0 Å². The number of hydrogen-bond donors (Lipinski definition) is 0. The van der Waals surface area contributed by atoms with Crippen LogP contribution in [-0.4, -0.2) is 26.1 Å². The summed E-state index contributed by atoms with van der Waals surface area (Å²) in [6, 6.07) is 9.75. The summed E-state index contributed by atoms with van der Waals surface area (Å²) in [6.45, 7) is 0. The maximum Gasteiger partial charge on any atom is 0.169 e. The summed E-state index contributed by atoms with van der Waals surface area (Å²) < 4.78 is 0. The number of carbonyl (C=O) groups is 1. The fourth-order valence-electron chi connectivity index (χ4n) is 1.61. The zero-order valence-electron chi connectivity index (χ0n) is 11.0. The van der Waals surface area contributed by atoms with Gasteiger partial charge in [0.2, 0.25) is 0 Å². The van der Waals surface area contributed by atoms with Crippen molar-refractivity contribution in [2.45, 2.75) is 6.42 Å². The highest BCUT2D eigenvalue weighted by Crippen LogP contribution is 2.17. The Labute approximate surface area is 117 Å². The van der Waals surface area contributed by atoms with Crippen LogP contribution in [-0.2, 0) is 0 Å². The van der Waals surface area contributed by atoms with Crippen molar-refractivity contribution in [2.24, 2.45) is 4.99 Å². The van der Waals surface area contributed by atoms with Gasteiger partial charge in [0.05, 0.1) is 5.69 Å². The average molecular weight is 272 g/mol. The van der Waals surface area contributed by atoms with E-state index in [0.717, 1.165) is 16.9 Å². The van der Waals surface area contributed by atoms with Crippen molar-refractivity contribution in [2.75, 3.05) is 19.0 Å². The first-order valence-corrected chi connectivity index (χ1v) is 6.96. The van der Waals surface area contributed by atoms with Crippen molar-refractivity contribution >= 4 is 34.7 Å². The fraction of sp³-hybridized carbons (Fsp3) is 0.200. The van der Waals surface area contributed by atoms with Crippen molar-refractivity contribution in [3.05, 3.63) is 46.7 Å². The minimum atomic E-state index is 0.106. The van der Waals surface area contributed by atoms with Gasteiger partial charge < -0.3 is 4.90 Å². The van der Waals surface area contributed by atoms with Crippen LogP contribution in [0.25, 0.3) is 0 Å². The Kier molecular flexibility index (Phi) is 4.47. The van der Waals surface area contributed by atoms with E-state index in [2.05, 4.69) is 4.99 Å².